The maximum Gasteiger partial charge on any atom is 0.416 e. The normalized spacial score (nSPS) is 23.2. The second-order valence-electron chi connectivity index (χ2n) is 12.2. The molecular weight excluding hydrogens is 543 g/mol. The van der Waals surface area contributed by atoms with Crippen LogP contribution in [0.3, 0.4) is 0 Å². The zero-order valence-corrected chi connectivity index (χ0v) is 23.4. The van der Waals surface area contributed by atoms with E-state index in [2.05, 4.69) is 5.16 Å². The maximum atomic E-state index is 13.5. The van der Waals surface area contributed by atoms with Gasteiger partial charge in [-0.2, -0.15) is 18.2 Å². The molecule has 2 saturated heterocycles. The topological polar surface area (TPSA) is 115 Å². The molecule has 3 heterocycles. The minimum absolute atomic E-state index is 0.176. The predicted molar refractivity (Wildman–Crippen MR) is 138 cm³/mol. The van der Waals surface area contributed by atoms with Crippen LogP contribution in [-0.4, -0.2) is 81.9 Å². The van der Waals surface area contributed by atoms with Crippen LogP contribution in [0.2, 0.25) is 0 Å². The number of halogens is 3. The number of alkyl halides is 3. The lowest BCUT2D eigenvalue weighted by Gasteiger charge is -2.54. The molecule has 224 valence electrons. The number of nitrogens with zero attached hydrogens (tertiary/aromatic N) is 5. The third-order valence-electron chi connectivity index (χ3n) is 8.38. The number of piperidine rings is 1. The van der Waals surface area contributed by atoms with Gasteiger partial charge in [-0.3, -0.25) is 0 Å². The van der Waals surface area contributed by atoms with Gasteiger partial charge in [0, 0.05) is 43.6 Å². The van der Waals surface area contributed by atoms with E-state index in [1.54, 1.807) is 30.6 Å². The van der Waals surface area contributed by atoms with E-state index >= 15 is 0 Å². The molecule has 3 fully saturated rings. The lowest BCUT2D eigenvalue weighted by molar-refractivity contribution is -0.284. The molecule has 3 amide bonds. The largest absolute Gasteiger partial charge is 0.530 e. The molecule has 0 radical (unpaired) electrons. The van der Waals surface area contributed by atoms with Crippen molar-refractivity contribution in [1.82, 2.24) is 24.8 Å². The van der Waals surface area contributed by atoms with Crippen LogP contribution in [0.4, 0.5) is 22.8 Å². The molecule has 1 saturated carbocycles. The lowest BCUT2D eigenvalue weighted by atomic mass is 9.73. The fourth-order valence-corrected chi connectivity index (χ4v) is 6.31. The van der Waals surface area contributed by atoms with Crippen molar-refractivity contribution < 1.29 is 37.1 Å². The second kappa shape index (κ2) is 10.8. The van der Waals surface area contributed by atoms with E-state index in [9.17, 15) is 27.9 Å². The van der Waals surface area contributed by atoms with Crippen molar-refractivity contribution >= 4 is 12.1 Å². The molecule has 5 rings (SSSR count). The van der Waals surface area contributed by atoms with E-state index in [1.807, 2.05) is 0 Å². The fourth-order valence-electron chi connectivity index (χ4n) is 6.31. The Kier molecular flexibility index (Phi) is 7.68. The Balaban J connectivity index is 1.45. The SMILES string of the molecule is CC(C)(C)N(C(=O)[O-])C1(c2nc(C3CC(c4ccc(C(F)(F)F)cc4)CN(C(=O)N4CCOCC4)C3)no2)CCC1. The number of ether oxygens (including phenoxy) is 1. The highest BCUT2D eigenvalue weighted by molar-refractivity contribution is 5.75. The molecule has 13 heteroatoms. The first-order chi connectivity index (χ1) is 19.3. The highest BCUT2D eigenvalue weighted by Gasteiger charge is 2.52. The van der Waals surface area contributed by atoms with Crippen molar-refractivity contribution in [2.75, 3.05) is 39.4 Å². The van der Waals surface area contributed by atoms with Gasteiger partial charge in [0.25, 0.3) is 5.89 Å². The Morgan fingerprint density at radius 3 is 2.20 bits per heavy atom. The molecule has 1 aromatic heterocycles. The molecule has 1 aromatic carbocycles. The number of urea groups is 1. The maximum absolute atomic E-state index is 13.5. The average molecular weight is 579 g/mol. The zero-order chi connectivity index (χ0) is 29.6. The zero-order valence-electron chi connectivity index (χ0n) is 23.4. The Bertz CT molecular complexity index is 1250. The smallest absolute Gasteiger partial charge is 0.416 e. The molecule has 41 heavy (non-hydrogen) atoms. The van der Waals surface area contributed by atoms with Gasteiger partial charge in [-0.1, -0.05) is 17.3 Å². The van der Waals surface area contributed by atoms with Gasteiger partial charge in [-0.05, 0) is 64.2 Å². The molecule has 10 nitrogen and oxygen atoms in total. The van der Waals surface area contributed by atoms with Crippen LogP contribution in [-0.2, 0) is 16.5 Å². The van der Waals surface area contributed by atoms with Gasteiger partial charge in [-0.25, -0.2) is 4.79 Å². The first-order valence-corrected chi connectivity index (χ1v) is 13.9. The van der Waals surface area contributed by atoms with E-state index in [1.165, 1.54) is 17.0 Å². The first-order valence-electron chi connectivity index (χ1n) is 13.9. The molecule has 2 unspecified atom stereocenters. The van der Waals surface area contributed by atoms with Crippen molar-refractivity contribution in [2.24, 2.45) is 0 Å². The number of amides is 3. The molecule has 2 aliphatic heterocycles. The van der Waals surface area contributed by atoms with Crippen molar-refractivity contribution in [3.63, 3.8) is 0 Å². The summed E-state index contributed by atoms with van der Waals surface area (Å²) in [6.07, 6.45) is -3.47. The van der Waals surface area contributed by atoms with Gasteiger partial charge in [0.1, 0.15) is 11.6 Å². The first kappa shape index (κ1) is 29.2. The van der Waals surface area contributed by atoms with Crippen LogP contribution in [0.25, 0.3) is 0 Å². The van der Waals surface area contributed by atoms with Crippen molar-refractivity contribution in [3.8, 4) is 0 Å². The van der Waals surface area contributed by atoms with Gasteiger partial charge < -0.3 is 33.9 Å². The van der Waals surface area contributed by atoms with Gasteiger partial charge in [-0.15, -0.1) is 0 Å². The molecule has 0 spiro atoms. The number of carboxylic acid groups (broad SMARTS) is 1. The van der Waals surface area contributed by atoms with Crippen LogP contribution in [0.1, 0.15) is 81.1 Å². The lowest BCUT2D eigenvalue weighted by Crippen LogP contribution is -2.64. The summed E-state index contributed by atoms with van der Waals surface area (Å²) in [5.41, 5.74) is -1.82. The summed E-state index contributed by atoms with van der Waals surface area (Å²) in [7, 11) is 0. The summed E-state index contributed by atoms with van der Waals surface area (Å²) in [4.78, 5) is 35.1. The van der Waals surface area contributed by atoms with Crippen molar-refractivity contribution in [1.29, 1.82) is 0 Å². The summed E-state index contributed by atoms with van der Waals surface area (Å²) in [5.74, 6) is -0.105. The molecule has 3 aliphatic rings. The highest BCUT2D eigenvalue weighted by atomic mass is 19.4. The van der Waals surface area contributed by atoms with Crippen LogP contribution in [0.5, 0.6) is 0 Å². The van der Waals surface area contributed by atoms with Gasteiger partial charge in [0.15, 0.2) is 5.82 Å². The van der Waals surface area contributed by atoms with E-state index in [-0.39, 0.29) is 23.8 Å². The Labute approximate surface area is 236 Å². The number of aromatic nitrogens is 2. The third-order valence-corrected chi connectivity index (χ3v) is 8.38. The fraction of sp³-hybridized carbons (Fsp3) is 0.643. The molecule has 0 bridgehead atoms. The molecule has 2 aromatic rings. The number of carbonyl (C=O) groups excluding carboxylic acids is 2. The predicted octanol–water partition coefficient (Wildman–Crippen LogP) is 3.94. The number of hydrogen-bond acceptors (Lipinski definition) is 7. The molecular formula is C28H35F3N5O5-. The van der Waals surface area contributed by atoms with E-state index in [0.29, 0.717) is 70.0 Å². The van der Waals surface area contributed by atoms with Crippen LogP contribution in [0.15, 0.2) is 28.8 Å². The van der Waals surface area contributed by atoms with E-state index in [0.717, 1.165) is 18.6 Å². The number of carbonyl (C=O) groups is 2. The van der Waals surface area contributed by atoms with E-state index < -0.39 is 28.9 Å². The number of likely N-dealkylation sites (tertiary alicyclic amines) is 1. The average Bonchev–Trinajstić information content (AvgIpc) is 3.39. The highest BCUT2D eigenvalue weighted by Crippen LogP contribution is 2.49. The number of hydrogen-bond donors (Lipinski definition) is 0. The van der Waals surface area contributed by atoms with Crippen molar-refractivity contribution in [3.05, 3.63) is 47.1 Å². The number of rotatable bonds is 4. The van der Waals surface area contributed by atoms with Crippen LogP contribution in [0, 0.1) is 0 Å². The minimum atomic E-state index is -4.45. The summed E-state index contributed by atoms with van der Waals surface area (Å²) in [6.45, 7) is 7.74. The standard InChI is InChI=1S/C28H36F3N5O5/c1-26(2,3)36(25(38)39)27(9-4-10-27)23-32-22(33-41-23)20-15-19(18-5-7-21(8-6-18)28(29,30)31)16-35(17-20)24(37)34-11-13-40-14-12-34/h5-8,19-20H,4,9-17H2,1-3H3,(H,38,39)/p-1. The summed E-state index contributed by atoms with van der Waals surface area (Å²) < 4.78 is 50.7. The summed E-state index contributed by atoms with van der Waals surface area (Å²) >= 11 is 0. The Morgan fingerprint density at radius 2 is 1.66 bits per heavy atom. The molecule has 2 atom stereocenters. The Morgan fingerprint density at radius 1 is 1.02 bits per heavy atom. The summed E-state index contributed by atoms with van der Waals surface area (Å²) in [6, 6.07) is 4.85. The quantitative estimate of drug-likeness (QED) is 0.540. The van der Waals surface area contributed by atoms with Crippen molar-refractivity contribution in [2.45, 2.75) is 75.5 Å². The number of morpholine rings is 1. The Hall–Kier alpha value is -3.35. The minimum Gasteiger partial charge on any atom is -0.530 e. The van der Waals surface area contributed by atoms with Gasteiger partial charge in [0.2, 0.25) is 0 Å². The van der Waals surface area contributed by atoms with Crippen LogP contribution < -0.4 is 5.11 Å². The second-order valence-corrected chi connectivity index (χ2v) is 12.2. The third kappa shape index (κ3) is 5.73. The molecule has 1 aliphatic carbocycles. The monoisotopic (exact) mass is 578 g/mol. The van der Waals surface area contributed by atoms with Crippen LogP contribution >= 0.6 is 0 Å². The van der Waals surface area contributed by atoms with Gasteiger partial charge >= 0.3 is 12.2 Å². The van der Waals surface area contributed by atoms with E-state index in [4.69, 9.17) is 14.2 Å². The molecule has 0 N–H and O–H groups in total. The number of benzene rings is 1. The summed E-state index contributed by atoms with van der Waals surface area (Å²) in [5, 5.41) is 16.5. The van der Waals surface area contributed by atoms with Gasteiger partial charge in [0.05, 0.1) is 18.8 Å².